The molecule has 0 aromatic heterocycles. The van der Waals surface area contributed by atoms with Gasteiger partial charge in [-0.15, -0.1) is 0 Å². The summed E-state index contributed by atoms with van der Waals surface area (Å²) in [6.45, 7) is 0. The van der Waals surface area contributed by atoms with Crippen LogP contribution in [0, 0.1) is 0 Å². The fraction of sp³-hybridized carbons (Fsp3) is 0.118. The Kier molecular flexibility index (Phi) is 5.59. The summed E-state index contributed by atoms with van der Waals surface area (Å²) in [6, 6.07) is 8.80. The number of ketones is 1. The molecular formula is C17H12Cl2O5. The van der Waals surface area contributed by atoms with Crippen LogP contribution in [0.3, 0.4) is 0 Å². The lowest BCUT2D eigenvalue weighted by molar-refractivity contribution is 0.0592. The fourth-order valence-corrected chi connectivity index (χ4v) is 2.69. The summed E-state index contributed by atoms with van der Waals surface area (Å²) in [4.78, 5) is 36.8. The molecule has 0 aliphatic carbocycles. The van der Waals surface area contributed by atoms with Crippen molar-refractivity contribution in [2.45, 2.75) is 0 Å². The predicted molar refractivity (Wildman–Crippen MR) is 89.0 cm³/mol. The maximum absolute atomic E-state index is 12.9. The molecule has 7 heteroatoms. The van der Waals surface area contributed by atoms with Crippen molar-refractivity contribution in [3.05, 3.63) is 68.7 Å². The van der Waals surface area contributed by atoms with E-state index in [1.54, 1.807) is 0 Å². The topological polar surface area (TPSA) is 69.7 Å². The summed E-state index contributed by atoms with van der Waals surface area (Å²) in [7, 11) is 2.36. The van der Waals surface area contributed by atoms with Gasteiger partial charge in [-0.05, 0) is 12.1 Å². The average molecular weight is 367 g/mol. The molecule has 0 saturated carbocycles. The first-order valence-electron chi connectivity index (χ1n) is 6.70. The molecule has 0 N–H and O–H groups in total. The highest BCUT2D eigenvalue weighted by atomic mass is 35.5. The standard InChI is InChI=1S/C17H12Cl2O5/c1-23-16(21)13-9(5-3-7-11(13)18)15(20)10-6-4-8-12(19)14(10)17(22)24-2/h3-8H,1-2H3. The van der Waals surface area contributed by atoms with Gasteiger partial charge in [0.1, 0.15) is 0 Å². The summed E-state index contributed by atoms with van der Waals surface area (Å²) < 4.78 is 9.35. The third-order valence-electron chi connectivity index (χ3n) is 3.30. The monoisotopic (exact) mass is 366 g/mol. The van der Waals surface area contributed by atoms with Crippen molar-refractivity contribution in [1.82, 2.24) is 0 Å². The van der Waals surface area contributed by atoms with Crippen LogP contribution in [0.4, 0.5) is 0 Å². The number of carbonyl (C=O) groups excluding carboxylic acids is 3. The van der Waals surface area contributed by atoms with Gasteiger partial charge in [0.25, 0.3) is 0 Å². The quantitative estimate of drug-likeness (QED) is 0.607. The van der Waals surface area contributed by atoms with Crippen LogP contribution in [-0.4, -0.2) is 31.9 Å². The van der Waals surface area contributed by atoms with Gasteiger partial charge in [-0.3, -0.25) is 4.79 Å². The molecule has 0 unspecified atom stereocenters. The molecule has 2 aromatic rings. The van der Waals surface area contributed by atoms with E-state index >= 15 is 0 Å². The van der Waals surface area contributed by atoms with E-state index in [0.717, 1.165) is 0 Å². The summed E-state index contributed by atoms with van der Waals surface area (Å²) in [5.41, 5.74) is -0.159. The molecule has 0 aliphatic heterocycles. The molecule has 124 valence electrons. The number of hydrogen-bond acceptors (Lipinski definition) is 5. The van der Waals surface area contributed by atoms with Crippen LogP contribution in [0.15, 0.2) is 36.4 Å². The maximum Gasteiger partial charge on any atom is 0.340 e. The van der Waals surface area contributed by atoms with E-state index in [9.17, 15) is 14.4 Å². The number of ether oxygens (including phenoxy) is 2. The zero-order chi connectivity index (χ0) is 17.9. The van der Waals surface area contributed by atoms with E-state index in [2.05, 4.69) is 9.47 Å². The molecule has 0 bridgehead atoms. The van der Waals surface area contributed by atoms with Gasteiger partial charge < -0.3 is 9.47 Å². The first-order chi connectivity index (χ1) is 11.4. The van der Waals surface area contributed by atoms with Crippen molar-refractivity contribution in [2.24, 2.45) is 0 Å². The van der Waals surface area contributed by atoms with Crippen molar-refractivity contribution in [2.75, 3.05) is 14.2 Å². The van der Waals surface area contributed by atoms with Crippen LogP contribution in [-0.2, 0) is 9.47 Å². The fourth-order valence-electron chi connectivity index (χ4n) is 2.19. The zero-order valence-electron chi connectivity index (χ0n) is 12.8. The van der Waals surface area contributed by atoms with Gasteiger partial charge in [0.2, 0.25) is 0 Å². The Morgan fingerprint density at radius 1 is 0.750 bits per heavy atom. The summed E-state index contributed by atoms with van der Waals surface area (Å²) in [6.07, 6.45) is 0. The van der Waals surface area contributed by atoms with Gasteiger partial charge in [-0.2, -0.15) is 0 Å². The lowest BCUT2D eigenvalue weighted by Gasteiger charge is -2.12. The van der Waals surface area contributed by atoms with E-state index in [4.69, 9.17) is 23.2 Å². The lowest BCUT2D eigenvalue weighted by Crippen LogP contribution is -2.16. The zero-order valence-corrected chi connectivity index (χ0v) is 14.3. The highest BCUT2D eigenvalue weighted by Crippen LogP contribution is 2.27. The Balaban J connectivity index is 2.68. The van der Waals surface area contributed by atoms with Gasteiger partial charge in [0, 0.05) is 11.1 Å². The molecule has 24 heavy (non-hydrogen) atoms. The van der Waals surface area contributed by atoms with E-state index in [0.29, 0.717) is 0 Å². The molecule has 0 aliphatic rings. The molecule has 0 amide bonds. The molecule has 0 saturated heterocycles. The van der Waals surface area contributed by atoms with Crippen molar-refractivity contribution < 1.29 is 23.9 Å². The molecule has 2 rings (SSSR count). The summed E-state index contributed by atoms with van der Waals surface area (Å²) >= 11 is 12.0. The van der Waals surface area contributed by atoms with E-state index < -0.39 is 17.7 Å². The number of rotatable bonds is 4. The largest absolute Gasteiger partial charge is 0.465 e. The third kappa shape index (κ3) is 3.27. The second-order valence-corrected chi connectivity index (χ2v) is 5.45. The predicted octanol–water partition coefficient (Wildman–Crippen LogP) is 3.80. The average Bonchev–Trinajstić information content (AvgIpc) is 2.59. The minimum absolute atomic E-state index is 0.00164. The normalized spacial score (nSPS) is 10.2. The Morgan fingerprint density at radius 2 is 1.12 bits per heavy atom. The molecular weight excluding hydrogens is 355 g/mol. The summed E-state index contributed by atoms with van der Waals surface area (Å²) in [5, 5.41) is 0.128. The van der Waals surface area contributed by atoms with Crippen molar-refractivity contribution >= 4 is 40.9 Å². The Hall–Kier alpha value is -2.37. The van der Waals surface area contributed by atoms with Gasteiger partial charge in [0.05, 0.1) is 35.4 Å². The number of carbonyl (C=O) groups is 3. The number of methoxy groups -OCH3 is 2. The Labute approximate surface area is 148 Å². The number of esters is 2. The van der Waals surface area contributed by atoms with E-state index in [-0.39, 0.29) is 32.3 Å². The number of benzene rings is 2. The molecule has 5 nitrogen and oxygen atoms in total. The van der Waals surface area contributed by atoms with Crippen LogP contribution in [0.2, 0.25) is 10.0 Å². The van der Waals surface area contributed by atoms with Crippen molar-refractivity contribution in [3.8, 4) is 0 Å². The second-order valence-electron chi connectivity index (χ2n) is 4.64. The Morgan fingerprint density at radius 3 is 1.46 bits per heavy atom. The maximum atomic E-state index is 12.9. The molecule has 0 heterocycles. The van der Waals surface area contributed by atoms with Crippen molar-refractivity contribution in [3.63, 3.8) is 0 Å². The van der Waals surface area contributed by atoms with Gasteiger partial charge >= 0.3 is 11.9 Å². The smallest absolute Gasteiger partial charge is 0.340 e. The van der Waals surface area contributed by atoms with E-state index in [1.165, 1.54) is 50.6 Å². The van der Waals surface area contributed by atoms with Gasteiger partial charge in [-0.25, -0.2) is 9.59 Å². The van der Waals surface area contributed by atoms with Crippen LogP contribution >= 0.6 is 23.2 Å². The van der Waals surface area contributed by atoms with Crippen molar-refractivity contribution in [1.29, 1.82) is 0 Å². The van der Waals surface area contributed by atoms with Crippen LogP contribution in [0.25, 0.3) is 0 Å². The van der Waals surface area contributed by atoms with Gasteiger partial charge in [-0.1, -0.05) is 47.5 Å². The minimum atomic E-state index is -0.759. The Bertz CT molecular complexity index is 762. The first-order valence-corrected chi connectivity index (χ1v) is 7.46. The van der Waals surface area contributed by atoms with Gasteiger partial charge in [0.15, 0.2) is 5.78 Å². The summed E-state index contributed by atoms with van der Waals surface area (Å²) in [5.74, 6) is -2.11. The molecule has 0 radical (unpaired) electrons. The van der Waals surface area contributed by atoms with Crippen LogP contribution in [0.5, 0.6) is 0 Å². The minimum Gasteiger partial charge on any atom is -0.465 e. The third-order valence-corrected chi connectivity index (χ3v) is 3.93. The number of hydrogen-bond donors (Lipinski definition) is 0. The first kappa shape index (κ1) is 18.0. The molecule has 0 fully saturated rings. The highest BCUT2D eigenvalue weighted by Gasteiger charge is 2.26. The SMILES string of the molecule is COC(=O)c1c(Cl)cccc1C(=O)c1cccc(Cl)c1C(=O)OC. The van der Waals surface area contributed by atoms with Crippen LogP contribution < -0.4 is 0 Å². The molecule has 0 atom stereocenters. The number of halogens is 2. The molecule has 0 spiro atoms. The highest BCUT2D eigenvalue weighted by molar-refractivity contribution is 6.36. The van der Waals surface area contributed by atoms with E-state index in [1.807, 2.05) is 0 Å². The second kappa shape index (κ2) is 7.47. The molecule has 2 aromatic carbocycles. The lowest BCUT2D eigenvalue weighted by atomic mass is 9.95. The van der Waals surface area contributed by atoms with Crippen LogP contribution in [0.1, 0.15) is 36.6 Å².